The number of aromatic amines is 1. The molecule has 1 fully saturated rings. The average Bonchev–Trinajstić information content (AvgIpc) is 2.96. The maximum Gasteiger partial charge on any atom is 0.224 e. The third kappa shape index (κ3) is 4.49. The van der Waals surface area contributed by atoms with E-state index in [0.717, 1.165) is 35.6 Å². The van der Waals surface area contributed by atoms with Gasteiger partial charge < -0.3 is 5.32 Å². The second-order valence-corrected chi connectivity index (χ2v) is 7.06. The standard InChI is InChI=1S/C20H27FN4O/c1-14-18(15(2)24-23-14)12-20(26)22-13-19(25-10-4-3-5-11-25)16-6-8-17(21)9-7-16/h6-9,19H,3-5,10-13H2,1-2H3,(H,22,26)(H,23,24)/t19-/m1/s1. The number of piperidine rings is 1. The summed E-state index contributed by atoms with van der Waals surface area (Å²) in [5.74, 6) is -0.247. The number of H-pyrrole nitrogens is 1. The number of carbonyl (C=O) groups is 1. The molecule has 0 radical (unpaired) electrons. The minimum absolute atomic E-state index is 0.0123. The smallest absolute Gasteiger partial charge is 0.224 e. The van der Waals surface area contributed by atoms with E-state index in [2.05, 4.69) is 20.4 Å². The Balaban J connectivity index is 1.67. The van der Waals surface area contributed by atoms with E-state index in [1.54, 1.807) is 0 Å². The molecule has 0 saturated carbocycles. The van der Waals surface area contributed by atoms with Crippen molar-refractivity contribution in [1.29, 1.82) is 0 Å². The maximum atomic E-state index is 13.3. The molecule has 0 aliphatic carbocycles. The molecular formula is C20H27FN4O. The molecule has 1 atom stereocenters. The summed E-state index contributed by atoms with van der Waals surface area (Å²) in [7, 11) is 0. The van der Waals surface area contributed by atoms with Gasteiger partial charge in [0.2, 0.25) is 5.91 Å². The van der Waals surface area contributed by atoms with Crippen LogP contribution in [0.15, 0.2) is 24.3 Å². The first-order valence-electron chi connectivity index (χ1n) is 9.31. The van der Waals surface area contributed by atoms with Crippen molar-refractivity contribution in [3.63, 3.8) is 0 Å². The van der Waals surface area contributed by atoms with Crippen LogP contribution in [-0.4, -0.2) is 40.6 Å². The predicted molar refractivity (Wildman–Crippen MR) is 99.3 cm³/mol. The van der Waals surface area contributed by atoms with Crippen molar-refractivity contribution in [1.82, 2.24) is 20.4 Å². The molecule has 2 aromatic rings. The summed E-state index contributed by atoms with van der Waals surface area (Å²) in [5.41, 5.74) is 3.80. The van der Waals surface area contributed by atoms with Crippen LogP contribution in [0.3, 0.4) is 0 Å². The van der Waals surface area contributed by atoms with Gasteiger partial charge in [0, 0.05) is 17.8 Å². The first-order chi connectivity index (χ1) is 12.5. The molecule has 1 aromatic carbocycles. The number of halogens is 1. The number of likely N-dealkylation sites (tertiary alicyclic amines) is 1. The molecular weight excluding hydrogens is 331 g/mol. The lowest BCUT2D eigenvalue weighted by Crippen LogP contribution is -2.41. The molecule has 1 amide bonds. The van der Waals surface area contributed by atoms with E-state index in [9.17, 15) is 9.18 Å². The van der Waals surface area contributed by atoms with Gasteiger partial charge in [-0.1, -0.05) is 18.6 Å². The van der Waals surface area contributed by atoms with Crippen molar-refractivity contribution in [2.24, 2.45) is 0 Å². The number of rotatable bonds is 6. The van der Waals surface area contributed by atoms with E-state index >= 15 is 0 Å². The second-order valence-electron chi connectivity index (χ2n) is 7.06. The van der Waals surface area contributed by atoms with Crippen LogP contribution in [0.1, 0.15) is 47.8 Å². The lowest BCUT2D eigenvalue weighted by Gasteiger charge is -2.35. The summed E-state index contributed by atoms with van der Waals surface area (Å²) >= 11 is 0. The van der Waals surface area contributed by atoms with E-state index in [4.69, 9.17) is 0 Å². The van der Waals surface area contributed by atoms with Crippen molar-refractivity contribution in [3.8, 4) is 0 Å². The topological polar surface area (TPSA) is 61.0 Å². The second kappa shape index (κ2) is 8.45. The Morgan fingerprint density at radius 3 is 2.54 bits per heavy atom. The maximum absolute atomic E-state index is 13.3. The van der Waals surface area contributed by atoms with Gasteiger partial charge >= 0.3 is 0 Å². The third-order valence-electron chi connectivity index (χ3n) is 5.20. The van der Waals surface area contributed by atoms with Crippen LogP contribution in [0.5, 0.6) is 0 Å². The van der Waals surface area contributed by atoms with Crippen molar-refractivity contribution in [3.05, 3.63) is 52.6 Å². The molecule has 0 spiro atoms. The van der Waals surface area contributed by atoms with Crippen LogP contribution in [0, 0.1) is 19.7 Å². The van der Waals surface area contributed by atoms with Gasteiger partial charge in [0.25, 0.3) is 0 Å². The summed E-state index contributed by atoms with van der Waals surface area (Å²) in [6, 6.07) is 6.71. The summed E-state index contributed by atoms with van der Waals surface area (Å²) in [4.78, 5) is 14.9. The Bertz CT molecular complexity index is 715. The largest absolute Gasteiger partial charge is 0.354 e. The molecule has 2 heterocycles. The number of nitrogens with one attached hydrogen (secondary N) is 2. The fourth-order valence-corrected chi connectivity index (χ4v) is 3.64. The van der Waals surface area contributed by atoms with E-state index in [0.29, 0.717) is 13.0 Å². The average molecular weight is 358 g/mol. The number of aryl methyl sites for hydroxylation is 2. The Kier molecular flexibility index (Phi) is 6.04. The third-order valence-corrected chi connectivity index (χ3v) is 5.20. The molecule has 0 bridgehead atoms. The first-order valence-corrected chi connectivity index (χ1v) is 9.31. The van der Waals surface area contributed by atoms with E-state index < -0.39 is 0 Å². The highest BCUT2D eigenvalue weighted by Crippen LogP contribution is 2.24. The summed E-state index contributed by atoms with van der Waals surface area (Å²) in [5, 5.41) is 10.1. The SMILES string of the molecule is Cc1n[nH]c(C)c1CC(=O)NC[C@H](c1ccc(F)cc1)N1CCCCC1. The molecule has 1 aliphatic rings. The minimum atomic E-state index is -0.235. The van der Waals surface area contributed by atoms with Gasteiger partial charge in [-0.3, -0.25) is 14.8 Å². The number of hydrogen-bond acceptors (Lipinski definition) is 3. The van der Waals surface area contributed by atoms with Gasteiger partial charge in [-0.05, 0) is 57.5 Å². The van der Waals surface area contributed by atoms with Crippen LogP contribution < -0.4 is 5.32 Å². The van der Waals surface area contributed by atoms with Crippen LogP contribution >= 0.6 is 0 Å². The normalized spacial score (nSPS) is 16.4. The van der Waals surface area contributed by atoms with Gasteiger partial charge in [-0.25, -0.2) is 4.39 Å². The molecule has 0 unspecified atom stereocenters. The Hall–Kier alpha value is -2.21. The fraction of sp³-hybridized carbons (Fsp3) is 0.500. The zero-order valence-electron chi connectivity index (χ0n) is 15.5. The molecule has 6 heteroatoms. The lowest BCUT2D eigenvalue weighted by atomic mass is 10.0. The molecule has 1 saturated heterocycles. The van der Waals surface area contributed by atoms with Crippen LogP contribution in [0.4, 0.5) is 4.39 Å². The number of amides is 1. The zero-order chi connectivity index (χ0) is 18.5. The molecule has 140 valence electrons. The Morgan fingerprint density at radius 2 is 1.92 bits per heavy atom. The molecule has 1 aliphatic heterocycles. The van der Waals surface area contributed by atoms with E-state index in [1.807, 2.05) is 26.0 Å². The van der Waals surface area contributed by atoms with Crippen molar-refractivity contribution >= 4 is 5.91 Å². The predicted octanol–water partition coefficient (Wildman–Crippen LogP) is 3.05. The molecule has 1 aromatic heterocycles. The number of aromatic nitrogens is 2. The van der Waals surface area contributed by atoms with Gasteiger partial charge in [-0.2, -0.15) is 5.10 Å². The number of nitrogens with zero attached hydrogens (tertiary/aromatic N) is 2. The first kappa shape index (κ1) is 18.6. The van der Waals surface area contributed by atoms with Gasteiger partial charge in [-0.15, -0.1) is 0 Å². The monoisotopic (exact) mass is 358 g/mol. The van der Waals surface area contributed by atoms with Crippen molar-refractivity contribution < 1.29 is 9.18 Å². The highest BCUT2D eigenvalue weighted by atomic mass is 19.1. The Labute approximate surface area is 154 Å². The van der Waals surface area contributed by atoms with Gasteiger partial charge in [0.15, 0.2) is 0 Å². The van der Waals surface area contributed by atoms with Crippen LogP contribution in [0.2, 0.25) is 0 Å². The minimum Gasteiger partial charge on any atom is -0.354 e. The van der Waals surface area contributed by atoms with Crippen LogP contribution in [-0.2, 0) is 11.2 Å². The van der Waals surface area contributed by atoms with Gasteiger partial charge in [0.1, 0.15) is 5.82 Å². The summed E-state index contributed by atoms with van der Waals surface area (Å²) in [6.07, 6.45) is 3.90. The quantitative estimate of drug-likeness (QED) is 0.834. The van der Waals surface area contributed by atoms with Crippen molar-refractivity contribution in [2.75, 3.05) is 19.6 Å². The summed E-state index contributed by atoms with van der Waals surface area (Å²) < 4.78 is 13.3. The Morgan fingerprint density at radius 1 is 1.23 bits per heavy atom. The molecule has 5 nitrogen and oxygen atoms in total. The zero-order valence-corrected chi connectivity index (χ0v) is 15.5. The molecule has 26 heavy (non-hydrogen) atoms. The van der Waals surface area contributed by atoms with Crippen LogP contribution in [0.25, 0.3) is 0 Å². The fourth-order valence-electron chi connectivity index (χ4n) is 3.64. The number of benzene rings is 1. The van der Waals surface area contributed by atoms with Crippen molar-refractivity contribution in [2.45, 2.75) is 45.6 Å². The molecule has 3 rings (SSSR count). The number of hydrogen-bond donors (Lipinski definition) is 2. The van der Waals surface area contributed by atoms with E-state index in [1.165, 1.54) is 31.4 Å². The highest BCUT2D eigenvalue weighted by molar-refractivity contribution is 5.79. The number of carbonyl (C=O) groups excluding carboxylic acids is 1. The van der Waals surface area contributed by atoms with E-state index in [-0.39, 0.29) is 17.8 Å². The van der Waals surface area contributed by atoms with Gasteiger partial charge in [0.05, 0.1) is 18.2 Å². The molecule has 2 N–H and O–H groups in total. The lowest BCUT2D eigenvalue weighted by molar-refractivity contribution is -0.120. The summed E-state index contributed by atoms with van der Waals surface area (Å²) in [6.45, 7) is 6.38. The highest BCUT2D eigenvalue weighted by Gasteiger charge is 2.23.